The molecule has 0 unspecified atom stereocenters. The second kappa shape index (κ2) is 8.56. The minimum Gasteiger partial charge on any atom is -0.408 e. The number of anilines is 1. The molecule has 2 heterocycles. The second-order valence-corrected chi connectivity index (χ2v) is 9.20. The first-order chi connectivity index (χ1) is 15.2. The maximum absolute atomic E-state index is 14.4. The first kappa shape index (κ1) is 22.3. The van der Waals surface area contributed by atoms with Gasteiger partial charge in [-0.25, -0.2) is 8.78 Å². The van der Waals surface area contributed by atoms with Crippen LogP contribution in [0, 0.1) is 24.5 Å². The third kappa shape index (κ3) is 3.98. The van der Waals surface area contributed by atoms with Gasteiger partial charge in [0.05, 0.1) is 17.0 Å². The summed E-state index contributed by atoms with van der Waals surface area (Å²) >= 11 is 0. The second-order valence-electron chi connectivity index (χ2n) is 9.20. The van der Waals surface area contributed by atoms with Crippen LogP contribution in [0.1, 0.15) is 63.6 Å². The summed E-state index contributed by atoms with van der Waals surface area (Å²) in [6.45, 7) is 11.6. The number of hydrogen-bond donors (Lipinski definition) is 0. The average molecular weight is 442 g/mol. The van der Waals surface area contributed by atoms with Gasteiger partial charge in [-0.1, -0.05) is 31.9 Å². The number of hydrogen-bond acceptors (Lipinski definition) is 6. The van der Waals surface area contributed by atoms with Gasteiger partial charge in [-0.15, -0.1) is 5.10 Å². The van der Waals surface area contributed by atoms with Gasteiger partial charge in [0.25, 0.3) is 0 Å². The van der Waals surface area contributed by atoms with E-state index in [0.29, 0.717) is 30.9 Å². The number of aromatic nitrogens is 4. The Labute approximate surface area is 187 Å². The first-order valence-corrected chi connectivity index (χ1v) is 11.1. The van der Waals surface area contributed by atoms with Gasteiger partial charge in [-0.3, -0.25) is 0 Å². The van der Waals surface area contributed by atoms with Crippen LogP contribution in [0.2, 0.25) is 0 Å². The van der Waals surface area contributed by atoms with E-state index in [9.17, 15) is 8.78 Å². The lowest BCUT2D eigenvalue weighted by molar-refractivity contribution is 0.311. The summed E-state index contributed by atoms with van der Waals surface area (Å²) in [6.07, 6.45) is 1.86. The van der Waals surface area contributed by atoms with E-state index in [2.05, 4.69) is 41.2 Å². The van der Waals surface area contributed by atoms with E-state index in [1.807, 2.05) is 17.9 Å². The van der Waals surface area contributed by atoms with Gasteiger partial charge >= 0.3 is 6.01 Å². The zero-order valence-corrected chi connectivity index (χ0v) is 19.2. The van der Waals surface area contributed by atoms with E-state index in [-0.39, 0.29) is 22.6 Å². The molecule has 2 atom stereocenters. The molecule has 32 heavy (non-hydrogen) atoms. The molecule has 0 bridgehead atoms. The minimum absolute atomic E-state index is 0.130. The predicted molar refractivity (Wildman–Crippen MR) is 118 cm³/mol. The van der Waals surface area contributed by atoms with Gasteiger partial charge < -0.3 is 9.32 Å². The van der Waals surface area contributed by atoms with E-state index in [4.69, 9.17) is 4.42 Å². The highest BCUT2D eigenvalue weighted by molar-refractivity contribution is 5.62. The summed E-state index contributed by atoms with van der Waals surface area (Å²) in [5.74, 6) is -0.154. The quantitative estimate of drug-likeness (QED) is 0.508. The molecule has 0 N–H and O–H groups in total. The van der Waals surface area contributed by atoms with Gasteiger partial charge in [0.1, 0.15) is 11.6 Å². The monoisotopic (exact) mass is 441 g/mol. The number of aryl methyl sites for hydroxylation is 1. The summed E-state index contributed by atoms with van der Waals surface area (Å²) in [4.78, 5) is 2.05. The molecular weight excluding hydrogens is 412 g/mol. The van der Waals surface area contributed by atoms with Crippen molar-refractivity contribution in [2.45, 2.75) is 58.8 Å². The van der Waals surface area contributed by atoms with Crippen LogP contribution in [0.4, 0.5) is 14.8 Å². The highest BCUT2D eigenvalue weighted by Crippen LogP contribution is 2.46. The SMILES string of the molecule is CCN(C[C@@]1(C)CC[C@H](C(C)C)c2cc(-c3c(F)cccc3F)nnc21)c1nnc(C)o1. The van der Waals surface area contributed by atoms with Crippen LogP contribution < -0.4 is 4.90 Å². The Bertz CT molecular complexity index is 1100. The van der Waals surface area contributed by atoms with Crippen LogP contribution in [0.5, 0.6) is 0 Å². The molecule has 1 aliphatic rings. The van der Waals surface area contributed by atoms with Crippen LogP contribution in [0.3, 0.4) is 0 Å². The molecule has 0 amide bonds. The van der Waals surface area contributed by atoms with Crippen molar-refractivity contribution in [3.05, 3.63) is 53.0 Å². The number of likely N-dealkylation sites (N-methyl/N-ethyl adjacent to an activating group) is 1. The number of nitrogens with zero attached hydrogens (tertiary/aromatic N) is 5. The van der Waals surface area contributed by atoms with Crippen molar-refractivity contribution >= 4 is 6.01 Å². The molecule has 6 nitrogen and oxygen atoms in total. The largest absolute Gasteiger partial charge is 0.408 e. The standard InChI is InChI=1S/C24H29F2N5O/c1-6-31(23-30-27-15(4)32-23)13-24(5)11-10-16(14(2)3)17-12-20(28-29-22(17)24)21-18(25)8-7-9-19(21)26/h7-9,12,14,16H,6,10-11,13H2,1-5H3/t16-,24-/m1/s1. The van der Waals surface area contributed by atoms with Crippen LogP contribution in [0.15, 0.2) is 28.7 Å². The fourth-order valence-electron chi connectivity index (χ4n) is 4.77. The van der Waals surface area contributed by atoms with E-state index in [0.717, 1.165) is 24.1 Å². The molecule has 3 aromatic rings. The van der Waals surface area contributed by atoms with E-state index >= 15 is 0 Å². The van der Waals surface area contributed by atoms with Crippen LogP contribution >= 0.6 is 0 Å². The lowest BCUT2D eigenvalue weighted by Gasteiger charge is -2.41. The summed E-state index contributed by atoms with van der Waals surface area (Å²) in [6, 6.07) is 6.16. The fourth-order valence-corrected chi connectivity index (χ4v) is 4.77. The molecule has 1 aliphatic carbocycles. The molecule has 0 radical (unpaired) electrons. The minimum atomic E-state index is -0.636. The number of benzene rings is 1. The summed E-state index contributed by atoms with van der Waals surface area (Å²) < 4.78 is 34.5. The van der Waals surface area contributed by atoms with Crippen molar-refractivity contribution < 1.29 is 13.2 Å². The number of fused-ring (bicyclic) bond motifs is 1. The molecule has 0 aliphatic heterocycles. The molecule has 1 aromatic carbocycles. The fraction of sp³-hybridized carbons (Fsp3) is 0.500. The van der Waals surface area contributed by atoms with Crippen LogP contribution in [0.25, 0.3) is 11.3 Å². The van der Waals surface area contributed by atoms with Gasteiger partial charge in [0, 0.05) is 25.4 Å². The normalized spacial score (nSPS) is 20.4. The average Bonchev–Trinajstić information content (AvgIpc) is 3.18. The lowest BCUT2D eigenvalue weighted by Crippen LogP contribution is -2.43. The van der Waals surface area contributed by atoms with E-state index in [1.165, 1.54) is 18.2 Å². The first-order valence-electron chi connectivity index (χ1n) is 11.1. The Balaban J connectivity index is 1.78. The van der Waals surface area contributed by atoms with E-state index in [1.54, 1.807) is 6.92 Å². The Morgan fingerprint density at radius 3 is 2.47 bits per heavy atom. The third-order valence-corrected chi connectivity index (χ3v) is 6.53. The lowest BCUT2D eigenvalue weighted by atomic mass is 9.67. The summed E-state index contributed by atoms with van der Waals surface area (Å²) in [5, 5.41) is 17.0. The summed E-state index contributed by atoms with van der Waals surface area (Å²) in [5.41, 5.74) is 1.67. The Morgan fingerprint density at radius 1 is 1.16 bits per heavy atom. The maximum atomic E-state index is 14.4. The zero-order valence-electron chi connectivity index (χ0n) is 19.2. The van der Waals surface area contributed by atoms with Gasteiger partial charge in [0.15, 0.2) is 0 Å². The smallest absolute Gasteiger partial charge is 0.318 e. The molecule has 0 saturated carbocycles. The van der Waals surface area contributed by atoms with E-state index < -0.39 is 11.6 Å². The van der Waals surface area contributed by atoms with Crippen molar-refractivity contribution in [1.82, 2.24) is 20.4 Å². The Morgan fingerprint density at radius 2 is 1.88 bits per heavy atom. The molecule has 4 rings (SSSR count). The van der Waals surface area contributed by atoms with Gasteiger partial charge in [-0.2, -0.15) is 10.2 Å². The highest BCUT2D eigenvalue weighted by atomic mass is 19.1. The predicted octanol–water partition coefficient (Wildman–Crippen LogP) is 5.43. The van der Waals surface area contributed by atoms with Crippen molar-refractivity contribution in [2.24, 2.45) is 5.92 Å². The number of halogens is 2. The molecule has 8 heteroatoms. The topological polar surface area (TPSA) is 67.9 Å². The van der Waals surface area contributed by atoms with Crippen molar-refractivity contribution in [3.8, 4) is 11.3 Å². The van der Waals surface area contributed by atoms with Crippen molar-refractivity contribution in [2.75, 3.05) is 18.0 Å². The van der Waals surface area contributed by atoms with Gasteiger partial charge in [-0.05, 0) is 55.4 Å². The highest BCUT2D eigenvalue weighted by Gasteiger charge is 2.41. The number of rotatable bonds is 6. The van der Waals surface area contributed by atoms with Crippen molar-refractivity contribution in [1.29, 1.82) is 0 Å². The van der Waals surface area contributed by atoms with Crippen LogP contribution in [-0.2, 0) is 5.41 Å². The maximum Gasteiger partial charge on any atom is 0.318 e. The van der Waals surface area contributed by atoms with Gasteiger partial charge in [0.2, 0.25) is 5.89 Å². The third-order valence-electron chi connectivity index (χ3n) is 6.53. The molecule has 2 aromatic heterocycles. The molecule has 0 fully saturated rings. The Hall–Kier alpha value is -2.90. The molecule has 0 saturated heterocycles. The molecule has 170 valence electrons. The molecular formula is C24H29F2N5O. The molecule has 0 spiro atoms. The Kier molecular flexibility index (Phi) is 5.97. The van der Waals surface area contributed by atoms with Crippen molar-refractivity contribution in [3.63, 3.8) is 0 Å². The van der Waals surface area contributed by atoms with Crippen LogP contribution in [-0.4, -0.2) is 33.5 Å². The summed E-state index contributed by atoms with van der Waals surface area (Å²) in [7, 11) is 0. The zero-order chi connectivity index (χ0) is 23.0.